The van der Waals surface area contributed by atoms with Crippen LogP contribution in [0.3, 0.4) is 0 Å². The highest BCUT2D eigenvalue weighted by Gasteiger charge is 2.28. The van der Waals surface area contributed by atoms with Crippen molar-refractivity contribution in [3.05, 3.63) is 33.9 Å². The normalized spacial score (nSPS) is 14.4. The highest BCUT2D eigenvalue weighted by molar-refractivity contribution is 5.93. The SMILES string of the molecule is CNc1ccc(C(=O)OCC(=O)N2CCC(C(=O)OC)CC2)cc1[N+](=O)[O-]. The number of piperidine rings is 1. The zero-order valence-electron chi connectivity index (χ0n) is 15.1. The maximum atomic E-state index is 12.2. The number of carbonyl (C=O) groups excluding carboxylic acids is 3. The van der Waals surface area contributed by atoms with E-state index in [0.717, 1.165) is 6.07 Å². The van der Waals surface area contributed by atoms with E-state index in [0.29, 0.717) is 25.9 Å². The van der Waals surface area contributed by atoms with E-state index in [1.807, 2.05) is 0 Å². The van der Waals surface area contributed by atoms with E-state index in [1.54, 1.807) is 0 Å². The van der Waals surface area contributed by atoms with E-state index in [-0.39, 0.29) is 34.7 Å². The maximum absolute atomic E-state index is 12.2. The van der Waals surface area contributed by atoms with E-state index in [4.69, 9.17) is 9.47 Å². The minimum absolute atomic E-state index is 0.0158. The van der Waals surface area contributed by atoms with E-state index < -0.39 is 17.5 Å². The van der Waals surface area contributed by atoms with Crippen LogP contribution in [-0.4, -0.2) is 61.5 Å². The third-order valence-corrected chi connectivity index (χ3v) is 4.41. The third kappa shape index (κ3) is 4.93. The van der Waals surface area contributed by atoms with Crippen molar-refractivity contribution in [1.82, 2.24) is 4.90 Å². The van der Waals surface area contributed by atoms with Crippen molar-refractivity contribution < 1.29 is 28.8 Å². The molecule has 10 nitrogen and oxygen atoms in total. The largest absolute Gasteiger partial charge is 0.469 e. The standard InChI is InChI=1S/C17H21N3O7/c1-18-13-4-3-12(9-14(13)20(24)25)17(23)27-10-15(21)19-7-5-11(6-8-19)16(22)26-2/h3-4,9,11,18H,5-8,10H2,1-2H3. The summed E-state index contributed by atoms with van der Waals surface area (Å²) in [5.74, 6) is -1.72. The molecule has 0 atom stereocenters. The molecule has 10 heteroatoms. The maximum Gasteiger partial charge on any atom is 0.338 e. The molecule has 1 saturated heterocycles. The highest BCUT2D eigenvalue weighted by atomic mass is 16.6. The van der Waals surface area contributed by atoms with E-state index >= 15 is 0 Å². The second-order valence-corrected chi connectivity index (χ2v) is 5.99. The lowest BCUT2D eigenvalue weighted by Gasteiger charge is -2.30. The van der Waals surface area contributed by atoms with Crippen molar-refractivity contribution in [2.75, 3.05) is 39.2 Å². The lowest BCUT2D eigenvalue weighted by molar-refractivity contribution is -0.384. The number of ether oxygens (including phenoxy) is 2. The van der Waals surface area contributed by atoms with Crippen LogP contribution in [0.5, 0.6) is 0 Å². The number of esters is 2. The number of nitrogens with one attached hydrogen (secondary N) is 1. The van der Waals surface area contributed by atoms with Crippen molar-refractivity contribution in [2.24, 2.45) is 5.92 Å². The van der Waals surface area contributed by atoms with Crippen LogP contribution in [0.4, 0.5) is 11.4 Å². The van der Waals surface area contributed by atoms with Crippen LogP contribution in [0.25, 0.3) is 0 Å². The molecule has 1 N–H and O–H groups in total. The molecule has 1 aromatic carbocycles. The van der Waals surface area contributed by atoms with Gasteiger partial charge in [-0.1, -0.05) is 0 Å². The van der Waals surface area contributed by atoms with Gasteiger partial charge < -0.3 is 19.7 Å². The lowest BCUT2D eigenvalue weighted by atomic mass is 9.97. The van der Waals surface area contributed by atoms with Gasteiger partial charge in [-0.15, -0.1) is 0 Å². The fourth-order valence-corrected chi connectivity index (χ4v) is 2.85. The number of anilines is 1. The van der Waals surface area contributed by atoms with Crippen LogP contribution >= 0.6 is 0 Å². The Labute approximate surface area is 155 Å². The van der Waals surface area contributed by atoms with E-state index in [9.17, 15) is 24.5 Å². The third-order valence-electron chi connectivity index (χ3n) is 4.41. The first kappa shape index (κ1) is 20.1. The topological polar surface area (TPSA) is 128 Å². The van der Waals surface area contributed by atoms with E-state index in [1.165, 1.54) is 31.2 Å². The fraction of sp³-hybridized carbons (Fsp3) is 0.471. The number of carbonyl (C=O) groups is 3. The summed E-state index contributed by atoms with van der Waals surface area (Å²) >= 11 is 0. The van der Waals surface area contributed by atoms with Crippen LogP contribution in [0.1, 0.15) is 23.2 Å². The first-order valence-electron chi connectivity index (χ1n) is 8.36. The number of hydrogen-bond donors (Lipinski definition) is 1. The van der Waals surface area contributed by atoms with Gasteiger partial charge in [0.05, 0.1) is 23.5 Å². The van der Waals surface area contributed by atoms with Gasteiger partial charge in [-0.25, -0.2) is 4.79 Å². The number of likely N-dealkylation sites (tertiary alicyclic amines) is 1. The molecule has 1 aromatic rings. The van der Waals surface area contributed by atoms with Gasteiger partial charge in [0.2, 0.25) is 0 Å². The van der Waals surface area contributed by atoms with Crippen LogP contribution in [0.15, 0.2) is 18.2 Å². The Morgan fingerprint density at radius 2 is 1.96 bits per heavy atom. The van der Waals surface area contributed by atoms with Gasteiger partial charge >= 0.3 is 11.9 Å². The number of nitro benzene ring substituents is 1. The summed E-state index contributed by atoms with van der Waals surface area (Å²) in [6.07, 6.45) is 0.980. The number of nitrogens with zero attached hydrogens (tertiary/aromatic N) is 2. The Morgan fingerprint density at radius 1 is 1.30 bits per heavy atom. The summed E-state index contributed by atoms with van der Waals surface area (Å²) in [7, 11) is 2.86. The molecule has 0 spiro atoms. The molecule has 2 rings (SSSR count). The molecule has 0 aromatic heterocycles. The minimum Gasteiger partial charge on any atom is -0.469 e. The molecular formula is C17H21N3O7. The molecule has 146 valence electrons. The molecule has 0 saturated carbocycles. The molecule has 1 heterocycles. The Balaban J connectivity index is 1.90. The number of amides is 1. The molecule has 1 aliphatic heterocycles. The van der Waals surface area contributed by atoms with Crippen LogP contribution in [-0.2, 0) is 19.1 Å². The summed E-state index contributed by atoms with van der Waals surface area (Å²) in [5.41, 5.74) is -0.0119. The summed E-state index contributed by atoms with van der Waals surface area (Å²) in [6, 6.07) is 3.88. The molecule has 0 radical (unpaired) electrons. The monoisotopic (exact) mass is 379 g/mol. The molecule has 1 fully saturated rings. The second-order valence-electron chi connectivity index (χ2n) is 5.99. The number of benzene rings is 1. The van der Waals surface area contributed by atoms with Crippen molar-refractivity contribution in [3.63, 3.8) is 0 Å². The highest BCUT2D eigenvalue weighted by Crippen LogP contribution is 2.25. The van der Waals surface area contributed by atoms with Gasteiger partial charge in [0, 0.05) is 26.2 Å². The van der Waals surface area contributed by atoms with Crippen LogP contribution in [0.2, 0.25) is 0 Å². The summed E-state index contributed by atoms with van der Waals surface area (Å²) in [6.45, 7) is 0.278. The number of nitro groups is 1. The Hall–Kier alpha value is -3.17. The molecule has 1 aliphatic rings. The lowest BCUT2D eigenvalue weighted by Crippen LogP contribution is -2.42. The Morgan fingerprint density at radius 3 is 2.52 bits per heavy atom. The number of rotatable bonds is 6. The van der Waals surface area contributed by atoms with Gasteiger partial charge in [0.15, 0.2) is 6.61 Å². The van der Waals surface area contributed by atoms with Crippen LogP contribution < -0.4 is 5.32 Å². The van der Waals surface area contributed by atoms with Crippen molar-refractivity contribution in [3.8, 4) is 0 Å². The molecule has 27 heavy (non-hydrogen) atoms. The molecular weight excluding hydrogens is 358 g/mol. The van der Waals surface area contributed by atoms with Gasteiger partial charge in [-0.2, -0.15) is 0 Å². The van der Waals surface area contributed by atoms with Gasteiger partial charge in [-0.3, -0.25) is 19.7 Å². The molecule has 0 aliphatic carbocycles. The Bertz CT molecular complexity index is 742. The van der Waals surface area contributed by atoms with Crippen molar-refractivity contribution in [1.29, 1.82) is 0 Å². The zero-order valence-corrected chi connectivity index (χ0v) is 15.1. The van der Waals surface area contributed by atoms with Crippen molar-refractivity contribution in [2.45, 2.75) is 12.8 Å². The molecule has 1 amide bonds. The van der Waals surface area contributed by atoms with Crippen molar-refractivity contribution >= 4 is 29.2 Å². The molecule has 0 unspecified atom stereocenters. The average Bonchev–Trinajstić information content (AvgIpc) is 2.70. The summed E-state index contributed by atoms with van der Waals surface area (Å²) in [5, 5.41) is 13.7. The summed E-state index contributed by atoms with van der Waals surface area (Å²) < 4.78 is 9.67. The molecule has 0 bridgehead atoms. The smallest absolute Gasteiger partial charge is 0.338 e. The number of hydrogen-bond acceptors (Lipinski definition) is 8. The fourth-order valence-electron chi connectivity index (χ4n) is 2.85. The second kappa shape index (κ2) is 8.97. The van der Waals surface area contributed by atoms with Gasteiger partial charge in [0.1, 0.15) is 5.69 Å². The quantitative estimate of drug-likeness (QED) is 0.444. The number of methoxy groups -OCH3 is 1. The van der Waals surface area contributed by atoms with Crippen LogP contribution in [0, 0.1) is 16.0 Å². The minimum atomic E-state index is -0.821. The Kier molecular flexibility index (Phi) is 6.69. The predicted octanol–water partition coefficient (Wildman–Crippen LogP) is 1.20. The summed E-state index contributed by atoms with van der Waals surface area (Å²) in [4.78, 5) is 47.7. The average molecular weight is 379 g/mol. The van der Waals surface area contributed by atoms with Gasteiger partial charge in [0.25, 0.3) is 11.6 Å². The van der Waals surface area contributed by atoms with E-state index in [2.05, 4.69) is 5.32 Å². The zero-order chi connectivity index (χ0) is 20.0. The predicted molar refractivity (Wildman–Crippen MR) is 94.2 cm³/mol. The van der Waals surface area contributed by atoms with Gasteiger partial charge in [-0.05, 0) is 25.0 Å². The first-order valence-corrected chi connectivity index (χ1v) is 8.36. The first-order chi connectivity index (χ1) is 12.9.